The van der Waals surface area contributed by atoms with Crippen molar-refractivity contribution in [1.29, 1.82) is 0 Å². The molecule has 2 aromatic heterocycles. The topological polar surface area (TPSA) is 63.9 Å². The molecule has 0 saturated carbocycles. The van der Waals surface area contributed by atoms with Gasteiger partial charge in [-0.05, 0) is 18.1 Å². The number of amides is 1. The molecule has 0 saturated heterocycles. The SMILES string of the molecule is O=C(CCc1cccnc1)N1CCc2nc(-c3ccccc3)nn2CC1. The van der Waals surface area contributed by atoms with Gasteiger partial charge in [0.15, 0.2) is 5.82 Å². The van der Waals surface area contributed by atoms with Crippen molar-refractivity contribution in [1.82, 2.24) is 24.6 Å². The zero-order valence-corrected chi connectivity index (χ0v) is 14.6. The summed E-state index contributed by atoms with van der Waals surface area (Å²) in [6, 6.07) is 13.9. The molecule has 0 atom stereocenters. The zero-order valence-electron chi connectivity index (χ0n) is 14.6. The van der Waals surface area contributed by atoms with Gasteiger partial charge in [-0.25, -0.2) is 9.67 Å². The number of aromatic nitrogens is 4. The molecule has 1 aliphatic rings. The Morgan fingerprint density at radius 3 is 2.73 bits per heavy atom. The summed E-state index contributed by atoms with van der Waals surface area (Å²) in [4.78, 5) is 23.2. The van der Waals surface area contributed by atoms with E-state index in [1.54, 1.807) is 6.20 Å². The maximum absolute atomic E-state index is 12.5. The second-order valence-corrected chi connectivity index (χ2v) is 6.43. The molecule has 0 N–H and O–H groups in total. The monoisotopic (exact) mass is 347 g/mol. The van der Waals surface area contributed by atoms with Crippen molar-refractivity contribution >= 4 is 5.91 Å². The zero-order chi connectivity index (χ0) is 17.8. The van der Waals surface area contributed by atoms with Crippen LogP contribution in [0.4, 0.5) is 0 Å². The molecule has 3 aromatic rings. The van der Waals surface area contributed by atoms with E-state index in [0.717, 1.165) is 35.6 Å². The van der Waals surface area contributed by atoms with Crippen LogP contribution in [-0.4, -0.2) is 43.6 Å². The van der Waals surface area contributed by atoms with Crippen LogP contribution in [-0.2, 0) is 24.2 Å². The van der Waals surface area contributed by atoms with Gasteiger partial charge >= 0.3 is 0 Å². The van der Waals surface area contributed by atoms with E-state index in [-0.39, 0.29) is 5.91 Å². The molecule has 26 heavy (non-hydrogen) atoms. The maximum Gasteiger partial charge on any atom is 0.222 e. The Labute approximate surface area is 152 Å². The Morgan fingerprint density at radius 2 is 1.92 bits per heavy atom. The van der Waals surface area contributed by atoms with Gasteiger partial charge < -0.3 is 4.90 Å². The Morgan fingerprint density at radius 1 is 1.04 bits per heavy atom. The molecule has 1 amide bonds. The van der Waals surface area contributed by atoms with Crippen LogP contribution in [0.2, 0.25) is 0 Å². The van der Waals surface area contributed by atoms with Gasteiger partial charge in [0.05, 0.1) is 6.54 Å². The molecule has 132 valence electrons. The Kier molecular flexibility index (Phi) is 4.73. The fraction of sp³-hybridized carbons (Fsp3) is 0.300. The molecule has 1 aliphatic heterocycles. The second kappa shape index (κ2) is 7.47. The molecule has 0 fully saturated rings. The number of carbonyl (C=O) groups is 1. The summed E-state index contributed by atoms with van der Waals surface area (Å²) in [5, 5.41) is 4.63. The molecule has 0 aliphatic carbocycles. The van der Waals surface area contributed by atoms with Crippen LogP contribution in [0.3, 0.4) is 0 Å². The minimum atomic E-state index is 0.183. The molecule has 0 bridgehead atoms. The van der Waals surface area contributed by atoms with Gasteiger partial charge in [-0.15, -0.1) is 0 Å². The number of hydrogen-bond acceptors (Lipinski definition) is 4. The molecular weight excluding hydrogens is 326 g/mol. The summed E-state index contributed by atoms with van der Waals surface area (Å²) >= 11 is 0. The molecule has 1 aromatic carbocycles. The first-order valence-corrected chi connectivity index (χ1v) is 8.95. The van der Waals surface area contributed by atoms with Gasteiger partial charge in [0.1, 0.15) is 5.82 Å². The lowest BCUT2D eigenvalue weighted by atomic mass is 10.1. The molecule has 0 unspecified atom stereocenters. The van der Waals surface area contributed by atoms with Crippen molar-refractivity contribution in [2.75, 3.05) is 13.1 Å². The summed E-state index contributed by atoms with van der Waals surface area (Å²) in [6.45, 7) is 2.06. The highest BCUT2D eigenvalue weighted by Gasteiger charge is 2.21. The first-order chi connectivity index (χ1) is 12.8. The lowest BCUT2D eigenvalue weighted by Crippen LogP contribution is -2.33. The third kappa shape index (κ3) is 3.64. The highest BCUT2D eigenvalue weighted by atomic mass is 16.2. The summed E-state index contributed by atoms with van der Waals surface area (Å²) < 4.78 is 1.94. The molecule has 0 spiro atoms. The largest absolute Gasteiger partial charge is 0.340 e. The van der Waals surface area contributed by atoms with E-state index < -0.39 is 0 Å². The highest BCUT2D eigenvalue weighted by Crippen LogP contribution is 2.17. The average Bonchev–Trinajstić information content (AvgIpc) is 3.01. The van der Waals surface area contributed by atoms with Crippen LogP contribution in [0.15, 0.2) is 54.9 Å². The second-order valence-electron chi connectivity index (χ2n) is 6.43. The van der Waals surface area contributed by atoms with Crippen LogP contribution in [0, 0.1) is 0 Å². The van der Waals surface area contributed by atoms with Gasteiger partial charge in [0, 0.05) is 43.9 Å². The summed E-state index contributed by atoms with van der Waals surface area (Å²) in [6.07, 6.45) is 5.54. The van der Waals surface area contributed by atoms with Crippen LogP contribution in [0.25, 0.3) is 11.4 Å². The Hall–Kier alpha value is -3.02. The van der Waals surface area contributed by atoms with Crippen molar-refractivity contribution in [3.63, 3.8) is 0 Å². The van der Waals surface area contributed by atoms with Crippen LogP contribution >= 0.6 is 0 Å². The van der Waals surface area contributed by atoms with E-state index in [9.17, 15) is 4.79 Å². The van der Waals surface area contributed by atoms with Crippen molar-refractivity contribution in [3.8, 4) is 11.4 Å². The van der Waals surface area contributed by atoms with E-state index in [1.165, 1.54) is 0 Å². The third-order valence-corrected chi connectivity index (χ3v) is 4.67. The van der Waals surface area contributed by atoms with Crippen LogP contribution < -0.4 is 0 Å². The minimum Gasteiger partial charge on any atom is -0.340 e. The smallest absolute Gasteiger partial charge is 0.222 e. The highest BCUT2D eigenvalue weighted by molar-refractivity contribution is 5.76. The van der Waals surface area contributed by atoms with Gasteiger partial charge in [0.2, 0.25) is 5.91 Å². The molecule has 4 rings (SSSR count). The summed E-state index contributed by atoms with van der Waals surface area (Å²) in [5.41, 5.74) is 2.12. The normalized spacial score (nSPS) is 13.9. The van der Waals surface area contributed by atoms with E-state index in [2.05, 4.69) is 15.1 Å². The van der Waals surface area contributed by atoms with E-state index >= 15 is 0 Å². The summed E-state index contributed by atoms with van der Waals surface area (Å²) in [5.74, 6) is 1.89. The van der Waals surface area contributed by atoms with Crippen molar-refractivity contribution in [3.05, 3.63) is 66.2 Å². The van der Waals surface area contributed by atoms with Crippen molar-refractivity contribution in [2.24, 2.45) is 0 Å². The number of hydrogen-bond donors (Lipinski definition) is 0. The van der Waals surface area contributed by atoms with Gasteiger partial charge in [0.25, 0.3) is 0 Å². The number of benzene rings is 1. The summed E-state index contributed by atoms with van der Waals surface area (Å²) in [7, 11) is 0. The molecule has 6 heteroatoms. The van der Waals surface area contributed by atoms with E-state index in [4.69, 9.17) is 0 Å². The van der Waals surface area contributed by atoms with Crippen molar-refractivity contribution in [2.45, 2.75) is 25.8 Å². The number of nitrogens with zero attached hydrogens (tertiary/aromatic N) is 5. The minimum absolute atomic E-state index is 0.183. The Balaban J connectivity index is 1.38. The van der Waals surface area contributed by atoms with Crippen molar-refractivity contribution < 1.29 is 4.79 Å². The first-order valence-electron chi connectivity index (χ1n) is 8.95. The quantitative estimate of drug-likeness (QED) is 0.727. The fourth-order valence-corrected chi connectivity index (χ4v) is 3.21. The predicted octanol–water partition coefficient (Wildman–Crippen LogP) is 2.36. The lowest BCUT2D eigenvalue weighted by Gasteiger charge is -2.19. The average molecular weight is 347 g/mol. The van der Waals surface area contributed by atoms with E-state index in [1.807, 2.05) is 58.2 Å². The molecule has 6 nitrogen and oxygen atoms in total. The number of aryl methyl sites for hydroxylation is 1. The number of rotatable bonds is 4. The molecule has 0 radical (unpaired) electrons. The maximum atomic E-state index is 12.5. The van der Waals surface area contributed by atoms with Crippen LogP contribution in [0.1, 0.15) is 17.8 Å². The number of fused-ring (bicyclic) bond motifs is 1. The van der Waals surface area contributed by atoms with Gasteiger partial charge in [-0.3, -0.25) is 9.78 Å². The van der Waals surface area contributed by atoms with Gasteiger partial charge in [-0.2, -0.15) is 5.10 Å². The standard InChI is InChI=1S/C20H21N5O/c26-19(9-8-16-5-4-11-21-15-16)24-12-10-18-22-20(23-25(18)14-13-24)17-6-2-1-3-7-17/h1-7,11,15H,8-10,12-14H2. The first kappa shape index (κ1) is 16.4. The lowest BCUT2D eigenvalue weighted by molar-refractivity contribution is -0.131. The number of carbonyl (C=O) groups excluding carboxylic acids is 1. The fourth-order valence-electron chi connectivity index (χ4n) is 3.21. The third-order valence-electron chi connectivity index (χ3n) is 4.67. The predicted molar refractivity (Wildman–Crippen MR) is 98.3 cm³/mol. The number of pyridine rings is 1. The van der Waals surface area contributed by atoms with Crippen LogP contribution in [0.5, 0.6) is 0 Å². The molecular formula is C20H21N5O. The molecule has 3 heterocycles. The van der Waals surface area contributed by atoms with E-state index in [0.29, 0.717) is 26.1 Å². The Bertz CT molecular complexity index is 850. The van der Waals surface area contributed by atoms with Gasteiger partial charge in [-0.1, -0.05) is 36.4 Å².